The first-order valence-corrected chi connectivity index (χ1v) is 8.58. The Morgan fingerprint density at radius 2 is 1.00 bits per heavy atom. The molecule has 3 aromatic carbocycles. The molecule has 0 aliphatic carbocycles. The van der Waals surface area contributed by atoms with E-state index in [4.69, 9.17) is 9.47 Å². The summed E-state index contributed by atoms with van der Waals surface area (Å²) in [4.78, 5) is 0. The highest BCUT2D eigenvalue weighted by molar-refractivity contribution is 5.35. The maximum atomic E-state index is 6.09. The van der Waals surface area contributed by atoms with Crippen LogP contribution in [0.15, 0.2) is 110 Å². The summed E-state index contributed by atoms with van der Waals surface area (Å²) in [6.07, 6.45) is 3.16. The van der Waals surface area contributed by atoms with Gasteiger partial charge in [0.2, 0.25) is 0 Å². The van der Waals surface area contributed by atoms with Gasteiger partial charge in [0.05, 0.1) is 0 Å². The maximum absolute atomic E-state index is 6.09. The normalized spacial score (nSPS) is 12.6. The average Bonchev–Trinajstić information content (AvgIpc) is 2.72. The molecule has 0 amide bonds. The summed E-state index contributed by atoms with van der Waals surface area (Å²) >= 11 is 0. The van der Waals surface area contributed by atoms with Gasteiger partial charge in [0, 0.05) is 6.07 Å². The van der Waals surface area contributed by atoms with Crippen molar-refractivity contribution in [3.8, 4) is 11.5 Å². The predicted molar refractivity (Wildman–Crippen MR) is 106 cm³/mol. The van der Waals surface area contributed by atoms with Gasteiger partial charge >= 0.3 is 0 Å². The zero-order valence-electron chi connectivity index (χ0n) is 14.6. The van der Waals surface area contributed by atoms with Crippen LogP contribution in [-0.4, -0.2) is 0 Å². The summed E-state index contributed by atoms with van der Waals surface area (Å²) < 4.78 is 12.2. The number of hydrogen-bond donors (Lipinski definition) is 0. The monoisotopic (exact) mass is 342 g/mol. The fraction of sp³-hybridized carbons (Fsp3) is 0.0833. The molecule has 26 heavy (non-hydrogen) atoms. The number of hydrogen-bond acceptors (Lipinski definition) is 2. The van der Waals surface area contributed by atoms with E-state index in [2.05, 4.69) is 13.2 Å². The molecule has 0 bridgehead atoms. The molecule has 0 N–H and O–H groups in total. The lowest BCUT2D eigenvalue weighted by Crippen LogP contribution is -2.06. The quantitative estimate of drug-likeness (QED) is 0.447. The first kappa shape index (κ1) is 17.6. The van der Waals surface area contributed by atoms with Crippen LogP contribution in [-0.2, 0) is 0 Å². The third-order valence-corrected chi connectivity index (χ3v) is 4.02. The summed E-state index contributed by atoms with van der Waals surface area (Å²) in [7, 11) is 0. The molecular formula is C24H22O2. The fourth-order valence-corrected chi connectivity index (χ4v) is 2.70. The van der Waals surface area contributed by atoms with Crippen molar-refractivity contribution >= 4 is 0 Å². The van der Waals surface area contributed by atoms with E-state index in [0.29, 0.717) is 0 Å². The maximum Gasteiger partial charge on any atom is 0.142 e. The topological polar surface area (TPSA) is 18.5 Å². The number of ether oxygens (including phenoxy) is 2. The van der Waals surface area contributed by atoms with Crippen LogP contribution in [0.1, 0.15) is 23.3 Å². The van der Waals surface area contributed by atoms with Crippen molar-refractivity contribution in [2.45, 2.75) is 12.2 Å². The van der Waals surface area contributed by atoms with Crippen molar-refractivity contribution in [2.75, 3.05) is 0 Å². The second-order valence-electron chi connectivity index (χ2n) is 5.84. The van der Waals surface area contributed by atoms with Gasteiger partial charge in [0.15, 0.2) is 0 Å². The Hall–Kier alpha value is -3.26. The molecule has 2 nitrogen and oxygen atoms in total. The molecule has 0 saturated heterocycles. The number of rotatable bonds is 8. The van der Waals surface area contributed by atoms with Gasteiger partial charge < -0.3 is 9.47 Å². The summed E-state index contributed by atoms with van der Waals surface area (Å²) in [6, 6.07) is 27.7. The molecule has 130 valence electrons. The molecule has 0 aromatic heterocycles. The summed E-state index contributed by atoms with van der Waals surface area (Å²) in [5.41, 5.74) is 2.11. The molecule has 0 radical (unpaired) electrons. The molecule has 0 aliphatic rings. The van der Waals surface area contributed by atoms with Gasteiger partial charge in [-0.2, -0.15) is 0 Å². The first-order valence-electron chi connectivity index (χ1n) is 8.58. The smallest absolute Gasteiger partial charge is 0.142 e. The minimum Gasteiger partial charge on any atom is -0.482 e. The summed E-state index contributed by atoms with van der Waals surface area (Å²) in [5.74, 6) is 1.46. The molecule has 2 atom stereocenters. The lowest BCUT2D eigenvalue weighted by Gasteiger charge is -2.19. The lowest BCUT2D eigenvalue weighted by molar-refractivity contribution is 0.241. The minimum atomic E-state index is -0.212. The van der Waals surface area contributed by atoms with Crippen molar-refractivity contribution in [3.63, 3.8) is 0 Å². The van der Waals surface area contributed by atoms with E-state index in [0.717, 1.165) is 22.6 Å². The molecule has 3 aromatic rings. The van der Waals surface area contributed by atoms with Gasteiger partial charge in [-0.05, 0) is 35.4 Å². The van der Waals surface area contributed by atoms with Gasteiger partial charge in [-0.15, -0.1) is 0 Å². The predicted octanol–water partition coefficient (Wildman–Crippen LogP) is 6.30. The third-order valence-electron chi connectivity index (χ3n) is 4.02. The van der Waals surface area contributed by atoms with Gasteiger partial charge in [0.25, 0.3) is 0 Å². The minimum absolute atomic E-state index is 0.212. The van der Waals surface area contributed by atoms with Crippen molar-refractivity contribution < 1.29 is 9.47 Å². The van der Waals surface area contributed by atoms with Gasteiger partial charge in [-0.3, -0.25) is 0 Å². The molecule has 2 heteroatoms. The van der Waals surface area contributed by atoms with Crippen molar-refractivity contribution in [1.82, 2.24) is 0 Å². The Kier molecular flexibility index (Phi) is 5.89. The van der Waals surface area contributed by atoms with Gasteiger partial charge in [-0.25, -0.2) is 0 Å². The lowest BCUT2D eigenvalue weighted by atomic mass is 10.1. The molecule has 0 fully saturated rings. The van der Waals surface area contributed by atoms with E-state index in [1.165, 1.54) is 0 Å². The fourth-order valence-electron chi connectivity index (χ4n) is 2.70. The van der Waals surface area contributed by atoms with Crippen LogP contribution in [0.5, 0.6) is 11.5 Å². The Labute approximate surface area is 155 Å². The van der Waals surface area contributed by atoms with E-state index >= 15 is 0 Å². The molecule has 0 heterocycles. The second-order valence-corrected chi connectivity index (χ2v) is 5.84. The molecule has 0 spiro atoms. The Morgan fingerprint density at radius 3 is 1.38 bits per heavy atom. The van der Waals surface area contributed by atoms with Crippen LogP contribution in [0.25, 0.3) is 0 Å². The van der Waals surface area contributed by atoms with E-state index in [-0.39, 0.29) is 12.2 Å². The largest absolute Gasteiger partial charge is 0.482 e. The second kappa shape index (κ2) is 8.72. The Bertz CT molecular complexity index is 772. The van der Waals surface area contributed by atoms with E-state index in [1.54, 1.807) is 12.2 Å². The highest BCUT2D eigenvalue weighted by Crippen LogP contribution is 2.29. The summed E-state index contributed by atoms with van der Waals surface area (Å²) in [6.45, 7) is 7.78. The standard InChI is InChI=1S/C24H22O2/c1-3-23(19-12-7-5-8-13-19)25-21-16-11-17-22(18-21)26-24(4-2)20-14-9-6-10-15-20/h3-18,23-24H,1-2H2. The van der Waals surface area contributed by atoms with E-state index in [1.807, 2.05) is 84.9 Å². The van der Waals surface area contributed by atoms with E-state index < -0.39 is 0 Å². The molecule has 2 unspecified atom stereocenters. The van der Waals surface area contributed by atoms with E-state index in [9.17, 15) is 0 Å². The van der Waals surface area contributed by atoms with Crippen molar-refractivity contribution in [1.29, 1.82) is 0 Å². The van der Waals surface area contributed by atoms with Crippen molar-refractivity contribution in [2.24, 2.45) is 0 Å². The molecular weight excluding hydrogens is 320 g/mol. The number of benzene rings is 3. The zero-order valence-corrected chi connectivity index (χ0v) is 14.6. The molecule has 3 rings (SSSR count). The third kappa shape index (κ3) is 4.42. The van der Waals surface area contributed by atoms with Gasteiger partial charge in [0.1, 0.15) is 23.7 Å². The average molecular weight is 342 g/mol. The van der Waals surface area contributed by atoms with Crippen LogP contribution < -0.4 is 9.47 Å². The van der Waals surface area contributed by atoms with Crippen LogP contribution in [0.2, 0.25) is 0 Å². The van der Waals surface area contributed by atoms with Crippen molar-refractivity contribution in [3.05, 3.63) is 121 Å². The summed E-state index contributed by atoms with van der Waals surface area (Å²) in [5, 5.41) is 0. The zero-order chi connectivity index (χ0) is 18.2. The van der Waals surface area contributed by atoms with Crippen LogP contribution >= 0.6 is 0 Å². The van der Waals surface area contributed by atoms with Gasteiger partial charge in [-0.1, -0.05) is 79.9 Å². The molecule has 0 saturated carbocycles. The Morgan fingerprint density at radius 1 is 0.577 bits per heavy atom. The molecule has 0 aliphatic heterocycles. The SMILES string of the molecule is C=CC(Oc1cccc(OC(C=C)c2ccccc2)c1)c1ccccc1. The van der Waals surface area contributed by atoms with Crippen LogP contribution in [0.4, 0.5) is 0 Å². The highest BCUT2D eigenvalue weighted by atomic mass is 16.5. The first-order chi connectivity index (χ1) is 12.8. The van der Waals surface area contributed by atoms with Crippen LogP contribution in [0, 0.1) is 0 Å². The Balaban J connectivity index is 1.75. The highest BCUT2D eigenvalue weighted by Gasteiger charge is 2.12. The van der Waals surface area contributed by atoms with Crippen LogP contribution in [0.3, 0.4) is 0 Å².